The molecule has 21 heavy (non-hydrogen) atoms. The molecule has 1 aliphatic carbocycles. The minimum atomic E-state index is -0.0342. The van der Waals surface area contributed by atoms with E-state index in [0.717, 1.165) is 56.8 Å². The first-order chi connectivity index (χ1) is 9.89. The maximum atomic E-state index is 6.10. The summed E-state index contributed by atoms with van der Waals surface area (Å²) in [4.78, 5) is 7.24. The van der Waals surface area contributed by atoms with Crippen molar-refractivity contribution >= 4 is 5.96 Å². The number of likely N-dealkylation sites (tertiary alicyclic amines) is 1. The molecule has 0 aromatic heterocycles. The average Bonchev–Trinajstić information content (AvgIpc) is 3.10. The lowest BCUT2D eigenvalue weighted by molar-refractivity contribution is -0.0772. The van der Waals surface area contributed by atoms with Crippen LogP contribution < -0.4 is 5.32 Å². The van der Waals surface area contributed by atoms with Gasteiger partial charge in [0.05, 0.1) is 11.7 Å². The Morgan fingerprint density at radius 1 is 1.29 bits per heavy atom. The zero-order valence-corrected chi connectivity index (χ0v) is 14.5. The highest BCUT2D eigenvalue weighted by Crippen LogP contribution is 2.37. The number of piperidine rings is 1. The predicted molar refractivity (Wildman–Crippen MR) is 88.7 cm³/mol. The van der Waals surface area contributed by atoms with Gasteiger partial charge in [0.2, 0.25) is 0 Å². The molecule has 0 radical (unpaired) electrons. The first-order valence-electron chi connectivity index (χ1n) is 8.60. The van der Waals surface area contributed by atoms with Crippen molar-refractivity contribution < 1.29 is 4.74 Å². The van der Waals surface area contributed by atoms with Crippen molar-refractivity contribution in [1.82, 2.24) is 10.2 Å². The molecule has 0 aromatic carbocycles. The van der Waals surface area contributed by atoms with Gasteiger partial charge in [0.1, 0.15) is 0 Å². The van der Waals surface area contributed by atoms with E-state index in [-0.39, 0.29) is 5.60 Å². The molecule has 2 rings (SSSR count). The highest BCUT2D eigenvalue weighted by atomic mass is 16.5. The fourth-order valence-electron chi connectivity index (χ4n) is 2.97. The van der Waals surface area contributed by atoms with Crippen LogP contribution in [0.25, 0.3) is 0 Å². The molecule has 122 valence electrons. The third-order valence-corrected chi connectivity index (χ3v) is 4.35. The Kier molecular flexibility index (Phi) is 5.53. The van der Waals surface area contributed by atoms with E-state index < -0.39 is 0 Å². The maximum Gasteiger partial charge on any atom is 0.193 e. The molecule has 0 amide bonds. The number of guanidine groups is 1. The van der Waals surface area contributed by atoms with Crippen molar-refractivity contribution in [2.75, 3.05) is 26.2 Å². The van der Waals surface area contributed by atoms with Gasteiger partial charge in [0.15, 0.2) is 5.96 Å². The second-order valence-corrected chi connectivity index (χ2v) is 7.58. The Labute approximate surface area is 130 Å². The van der Waals surface area contributed by atoms with Gasteiger partial charge in [-0.15, -0.1) is 0 Å². The summed E-state index contributed by atoms with van der Waals surface area (Å²) in [5, 5.41) is 3.45. The van der Waals surface area contributed by atoms with Crippen LogP contribution in [0.3, 0.4) is 0 Å². The molecule has 1 saturated heterocycles. The maximum absolute atomic E-state index is 6.10. The molecule has 1 N–H and O–H groups in total. The van der Waals surface area contributed by atoms with Crippen LogP contribution in [0.5, 0.6) is 0 Å². The van der Waals surface area contributed by atoms with E-state index in [1.54, 1.807) is 0 Å². The third-order valence-electron chi connectivity index (χ3n) is 4.35. The number of hydrogen-bond acceptors (Lipinski definition) is 2. The van der Waals surface area contributed by atoms with Crippen LogP contribution in [0, 0.1) is 11.8 Å². The minimum Gasteiger partial charge on any atom is -0.372 e. The van der Waals surface area contributed by atoms with Gasteiger partial charge in [-0.05, 0) is 58.8 Å². The van der Waals surface area contributed by atoms with Gasteiger partial charge >= 0.3 is 0 Å². The lowest BCUT2D eigenvalue weighted by atomic mass is 10.1. The predicted octanol–water partition coefficient (Wildman–Crippen LogP) is 2.89. The molecular formula is C17H33N3O. The molecule has 2 unspecified atom stereocenters. The van der Waals surface area contributed by atoms with Crippen molar-refractivity contribution in [2.24, 2.45) is 16.8 Å². The van der Waals surface area contributed by atoms with Crippen LogP contribution in [-0.4, -0.2) is 48.7 Å². The zero-order valence-electron chi connectivity index (χ0n) is 14.5. The Morgan fingerprint density at radius 2 is 1.90 bits per heavy atom. The van der Waals surface area contributed by atoms with Gasteiger partial charge in [-0.25, -0.2) is 0 Å². The number of nitrogens with zero attached hydrogens (tertiary/aromatic N) is 2. The smallest absolute Gasteiger partial charge is 0.193 e. The summed E-state index contributed by atoms with van der Waals surface area (Å²) in [5.41, 5.74) is -0.0342. The first-order valence-corrected chi connectivity index (χ1v) is 8.60. The van der Waals surface area contributed by atoms with Gasteiger partial charge in [0, 0.05) is 26.2 Å². The lowest BCUT2D eigenvalue weighted by Crippen LogP contribution is -2.48. The Bertz CT molecular complexity index is 354. The van der Waals surface area contributed by atoms with Gasteiger partial charge < -0.3 is 15.0 Å². The summed E-state index contributed by atoms with van der Waals surface area (Å²) in [7, 11) is 0. The van der Waals surface area contributed by atoms with Crippen LogP contribution in [0.15, 0.2) is 4.99 Å². The van der Waals surface area contributed by atoms with E-state index in [4.69, 9.17) is 9.73 Å². The summed E-state index contributed by atoms with van der Waals surface area (Å²) in [6.45, 7) is 14.9. The molecule has 1 heterocycles. The fraction of sp³-hybridized carbons (Fsp3) is 0.941. The van der Waals surface area contributed by atoms with Crippen LogP contribution in [-0.2, 0) is 4.74 Å². The molecule has 2 fully saturated rings. The summed E-state index contributed by atoms with van der Waals surface area (Å²) in [6, 6.07) is 0. The zero-order chi connectivity index (χ0) is 15.5. The summed E-state index contributed by atoms with van der Waals surface area (Å²) >= 11 is 0. The SMILES string of the molecule is CCNC(=NCC1CC1C)N1CCC(OC(C)(C)C)CC1. The quantitative estimate of drug-likeness (QED) is 0.640. The normalized spacial score (nSPS) is 27.9. The van der Waals surface area contributed by atoms with Gasteiger partial charge in [-0.1, -0.05) is 6.92 Å². The highest BCUT2D eigenvalue weighted by molar-refractivity contribution is 5.80. The van der Waals surface area contributed by atoms with Crippen LogP contribution in [0.1, 0.15) is 53.9 Å². The number of aliphatic imine (C=N–C) groups is 1. The standard InChI is InChI=1S/C17H33N3O/c1-6-18-16(19-12-14-11-13(14)2)20-9-7-15(8-10-20)21-17(3,4)5/h13-15H,6-12H2,1-5H3,(H,18,19). The summed E-state index contributed by atoms with van der Waals surface area (Å²) in [6.07, 6.45) is 3.94. The lowest BCUT2D eigenvalue weighted by Gasteiger charge is -2.37. The highest BCUT2D eigenvalue weighted by Gasteiger charge is 2.32. The van der Waals surface area contributed by atoms with Crippen LogP contribution >= 0.6 is 0 Å². The molecule has 1 aliphatic heterocycles. The van der Waals surface area contributed by atoms with E-state index in [2.05, 4.69) is 44.8 Å². The Hall–Kier alpha value is -0.770. The molecule has 0 bridgehead atoms. The summed E-state index contributed by atoms with van der Waals surface area (Å²) in [5.74, 6) is 2.80. The van der Waals surface area contributed by atoms with E-state index in [9.17, 15) is 0 Å². The van der Waals surface area contributed by atoms with Crippen LogP contribution in [0.4, 0.5) is 0 Å². The topological polar surface area (TPSA) is 36.9 Å². The van der Waals surface area contributed by atoms with Gasteiger partial charge in [-0.2, -0.15) is 0 Å². The molecule has 2 aliphatic rings. The third kappa shape index (κ3) is 5.50. The largest absolute Gasteiger partial charge is 0.372 e. The van der Waals surface area contributed by atoms with E-state index in [1.807, 2.05) is 0 Å². The molecule has 4 heteroatoms. The minimum absolute atomic E-state index is 0.0342. The van der Waals surface area contributed by atoms with E-state index in [1.165, 1.54) is 6.42 Å². The molecule has 4 nitrogen and oxygen atoms in total. The fourth-order valence-corrected chi connectivity index (χ4v) is 2.97. The van der Waals surface area contributed by atoms with Gasteiger partial charge in [-0.3, -0.25) is 4.99 Å². The van der Waals surface area contributed by atoms with Crippen molar-refractivity contribution in [3.8, 4) is 0 Å². The summed E-state index contributed by atoms with van der Waals surface area (Å²) < 4.78 is 6.10. The first kappa shape index (κ1) is 16.6. The number of nitrogens with one attached hydrogen (secondary N) is 1. The average molecular weight is 295 g/mol. The van der Waals surface area contributed by atoms with Crippen molar-refractivity contribution in [3.05, 3.63) is 0 Å². The van der Waals surface area contributed by atoms with E-state index in [0.29, 0.717) is 6.10 Å². The Morgan fingerprint density at radius 3 is 2.38 bits per heavy atom. The molecule has 0 spiro atoms. The molecular weight excluding hydrogens is 262 g/mol. The monoisotopic (exact) mass is 295 g/mol. The number of ether oxygens (including phenoxy) is 1. The van der Waals surface area contributed by atoms with E-state index >= 15 is 0 Å². The number of rotatable bonds is 4. The van der Waals surface area contributed by atoms with Crippen molar-refractivity contribution in [2.45, 2.75) is 65.6 Å². The van der Waals surface area contributed by atoms with Gasteiger partial charge in [0.25, 0.3) is 0 Å². The second-order valence-electron chi connectivity index (χ2n) is 7.58. The molecule has 0 aromatic rings. The van der Waals surface area contributed by atoms with Crippen molar-refractivity contribution in [1.29, 1.82) is 0 Å². The molecule has 2 atom stereocenters. The molecule has 1 saturated carbocycles. The second kappa shape index (κ2) is 6.99. The number of hydrogen-bond donors (Lipinski definition) is 1. The Balaban J connectivity index is 1.82. The van der Waals surface area contributed by atoms with Crippen molar-refractivity contribution in [3.63, 3.8) is 0 Å². The van der Waals surface area contributed by atoms with Crippen LogP contribution in [0.2, 0.25) is 0 Å².